The van der Waals surface area contributed by atoms with Gasteiger partial charge < -0.3 is 9.80 Å². The molecule has 1 amide bonds. The number of nitrogens with zero attached hydrogens (tertiary/aromatic N) is 3. The minimum absolute atomic E-state index is 0.0527. The third-order valence-corrected chi connectivity index (χ3v) is 6.80. The molecule has 27 heavy (non-hydrogen) atoms. The van der Waals surface area contributed by atoms with Gasteiger partial charge in [-0.25, -0.2) is 4.98 Å². The van der Waals surface area contributed by atoms with Crippen molar-refractivity contribution in [1.29, 1.82) is 0 Å². The Morgan fingerprint density at radius 1 is 1.04 bits per heavy atom. The van der Waals surface area contributed by atoms with E-state index in [4.69, 9.17) is 4.98 Å². The smallest absolute Gasteiger partial charge is 0.231 e. The summed E-state index contributed by atoms with van der Waals surface area (Å²) < 4.78 is 1.21. The third kappa shape index (κ3) is 3.10. The highest BCUT2D eigenvalue weighted by Gasteiger charge is 2.32. The van der Waals surface area contributed by atoms with Crippen molar-refractivity contribution in [2.75, 3.05) is 29.4 Å². The predicted octanol–water partition coefficient (Wildman–Crippen LogP) is 4.49. The van der Waals surface area contributed by atoms with Crippen LogP contribution in [0.1, 0.15) is 24.8 Å². The summed E-state index contributed by atoms with van der Waals surface area (Å²) in [6.07, 6.45) is 4.14. The van der Waals surface area contributed by atoms with Gasteiger partial charge in [0.25, 0.3) is 0 Å². The minimum Gasteiger partial charge on any atom is -0.347 e. The monoisotopic (exact) mass is 377 g/mol. The molecule has 0 radical (unpaired) electrons. The number of aromatic nitrogens is 1. The van der Waals surface area contributed by atoms with E-state index in [0.717, 1.165) is 61.7 Å². The van der Waals surface area contributed by atoms with Crippen molar-refractivity contribution in [2.45, 2.75) is 25.7 Å². The number of rotatable bonds is 2. The maximum absolute atomic E-state index is 13.3. The SMILES string of the molecule is O=C(C1CCCN(c2nc3ccccc3s2)C1)N1CCCc2ccccc21. The Bertz CT molecular complexity index is 949. The Morgan fingerprint density at radius 2 is 1.89 bits per heavy atom. The number of hydrogen-bond acceptors (Lipinski definition) is 4. The fourth-order valence-electron chi connectivity index (χ4n) is 4.33. The fraction of sp³-hybridized carbons (Fsp3) is 0.364. The first-order valence-corrected chi connectivity index (χ1v) is 10.6. The molecule has 1 fully saturated rings. The maximum Gasteiger partial charge on any atom is 0.231 e. The number of carbonyl (C=O) groups is 1. The van der Waals surface area contributed by atoms with Crippen molar-refractivity contribution < 1.29 is 4.79 Å². The van der Waals surface area contributed by atoms with E-state index in [-0.39, 0.29) is 11.8 Å². The summed E-state index contributed by atoms with van der Waals surface area (Å²) in [6, 6.07) is 16.6. The molecule has 1 aromatic heterocycles. The average Bonchev–Trinajstić information content (AvgIpc) is 3.17. The number of anilines is 2. The Hall–Kier alpha value is -2.40. The molecule has 2 aliphatic rings. The van der Waals surface area contributed by atoms with Gasteiger partial charge in [-0.3, -0.25) is 4.79 Å². The lowest BCUT2D eigenvalue weighted by Crippen LogP contribution is -2.46. The highest BCUT2D eigenvalue weighted by molar-refractivity contribution is 7.22. The average molecular weight is 378 g/mol. The van der Waals surface area contributed by atoms with Crippen LogP contribution in [-0.2, 0) is 11.2 Å². The zero-order valence-corrected chi connectivity index (χ0v) is 16.1. The van der Waals surface area contributed by atoms with Gasteiger partial charge in [-0.2, -0.15) is 0 Å². The van der Waals surface area contributed by atoms with E-state index < -0.39 is 0 Å². The van der Waals surface area contributed by atoms with E-state index in [1.165, 1.54) is 10.3 Å². The molecule has 2 aliphatic heterocycles. The molecule has 4 nitrogen and oxygen atoms in total. The molecule has 1 saturated heterocycles. The van der Waals surface area contributed by atoms with Crippen molar-refractivity contribution in [1.82, 2.24) is 4.98 Å². The highest BCUT2D eigenvalue weighted by Crippen LogP contribution is 2.33. The number of piperidine rings is 1. The normalized spacial score (nSPS) is 19.9. The van der Waals surface area contributed by atoms with Gasteiger partial charge in [0.1, 0.15) is 0 Å². The molecule has 0 saturated carbocycles. The van der Waals surface area contributed by atoms with Gasteiger partial charge in [0.05, 0.1) is 16.1 Å². The van der Waals surface area contributed by atoms with Crippen LogP contribution in [0.3, 0.4) is 0 Å². The number of fused-ring (bicyclic) bond motifs is 2. The molecule has 0 bridgehead atoms. The molecular weight excluding hydrogens is 354 g/mol. The summed E-state index contributed by atoms with van der Waals surface area (Å²) in [4.78, 5) is 22.5. The van der Waals surface area contributed by atoms with Crippen molar-refractivity contribution in [2.24, 2.45) is 5.92 Å². The first kappa shape index (κ1) is 16.8. The molecular formula is C22H23N3OS. The van der Waals surface area contributed by atoms with Crippen molar-refractivity contribution in [3.8, 4) is 0 Å². The third-order valence-electron chi connectivity index (χ3n) is 5.70. The van der Waals surface area contributed by atoms with Gasteiger partial charge in [0.15, 0.2) is 5.13 Å². The molecule has 0 N–H and O–H groups in total. The van der Waals surface area contributed by atoms with Crippen LogP contribution in [0.5, 0.6) is 0 Å². The fourth-order valence-corrected chi connectivity index (χ4v) is 5.33. The Kier molecular flexibility index (Phi) is 4.32. The highest BCUT2D eigenvalue weighted by atomic mass is 32.1. The van der Waals surface area contributed by atoms with Crippen LogP contribution in [0.4, 0.5) is 10.8 Å². The molecule has 3 aromatic rings. The molecule has 5 rings (SSSR count). The Balaban J connectivity index is 1.37. The summed E-state index contributed by atoms with van der Waals surface area (Å²) >= 11 is 1.73. The van der Waals surface area contributed by atoms with Gasteiger partial charge in [-0.05, 0) is 49.4 Å². The standard InChI is InChI=1S/C22H23N3OS/c26-21(25-14-6-8-16-7-1-3-11-19(16)25)17-9-5-13-24(15-17)22-23-18-10-2-4-12-20(18)27-22/h1-4,7,10-12,17H,5-6,8-9,13-15H2. The van der Waals surface area contributed by atoms with Crippen LogP contribution in [0.2, 0.25) is 0 Å². The van der Waals surface area contributed by atoms with E-state index in [0.29, 0.717) is 0 Å². The lowest BCUT2D eigenvalue weighted by Gasteiger charge is -2.37. The summed E-state index contributed by atoms with van der Waals surface area (Å²) in [5, 5.41) is 1.05. The van der Waals surface area contributed by atoms with Crippen LogP contribution >= 0.6 is 11.3 Å². The zero-order valence-electron chi connectivity index (χ0n) is 15.3. The largest absolute Gasteiger partial charge is 0.347 e. The first-order valence-electron chi connectivity index (χ1n) is 9.79. The van der Waals surface area contributed by atoms with E-state index in [2.05, 4.69) is 41.3 Å². The van der Waals surface area contributed by atoms with Gasteiger partial charge in [0, 0.05) is 25.3 Å². The van der Waals surface area contributed by atoms with Gasteiger partial charge in [-0.15, -0.1) is 0 Å². The number of aryl methyl sites for hydroxylation is 1. The van der Waals surface area contributed by atoms with E-state index >= 15 is 0 Å². The summed E-state index contributed by atoms with van der Waals surface area (Å²) in [6.45, 7) is 2.60. The molecule has 3 heterocycles. The zero-order chi connectivity index (χ0) is 18.2. The number of thiazole rings is 1. The summed E-state index contributed by atoms with van der Waals surface area (Å²) in [5.74, 6) is 0.338. The second-order valence-corrected chi connectivity index (χ2v) is 8.48. The van der Waals surface area contributed by atoms with Crippen LogP contribution in [0.25, 0.3) is 10.2 Å². The lowest BCUT2D eigenvalue weighted by atomic mass is 9.94. The second-order valence-electron chi connectivity index (χ2n) is 7.47. The van der Waals surface area contributed by atoms with Crippen molar-refractivity contribution >= 4 is 38.3 Å². The molecule has 138 valence electrons. The van der Waals surface area contributed by atoms with Crippen LogP contribution in [0.15, 0.2) is 48.5 Å². The van der Waals surface area contributed by atoms with E-state index in [9.17, 15) is 4.79 Å². The van der Waals surface area contributed by atoms with Gasteiger partial charge >= 0.3 is 0 Å². The molecule has 1 unspecified atom stereocenters. The topological polar surface area (TPSA) is 36.4 Å². The van der Waals surface area contributed by atoms with Crippen molar-refractivity contribution in [3.05, 3.63) is 54.1 Å². The van der Waals surface area contributed by atoms with E-state index in [1.54, 1.807) is 11.3 Å². The van der Waals surface area contributed by atoms with E-state index in [1.807, 2.05) is 17.0 Å². The number of carbonyl (C=O) groups excluding carboxylic acids is 1. The Labute approximate surface area is 163 Å². The van der Waals surface area contributed by atoms with Gasteiger partial charge in [-0.1, -0.05) is 41.7 Å². The number of para-hydroxylation sites is 2. The van der Waals surface area contributed by atoms with Crippen LogP contribution in [0, 0.1) is 5.92 Å². The molecule has 0 spiro atoms. The number of benzene rings is 2. The number of hydrogen-bond donors (Lipinski definition) is 0. The Morgan fingerprint density at radius 3 is 2.81 bits per heavy atom. The van der Waals surface area contributed by atoms with Crippen LogP contribution in [-0.4, -0.2) is 30.5 Å². The first-order chi connectivity index (χ1) is 13.3. The minimum atomic E-state index is 0.0527. The van der Waals surface area contributed by atoms with Crippen molar-refractivity contribution in [3.63, 3.8) is 0 Å². The molecule has 5 heteroatoms. The number of amides is 1. The second kappa shape index (κ2) is 6.97. The summed E-state index contributed by atoms with van der Waals surface area (Å²) in [7, 11) is 0. The van der Waals surface area contributed by atoms with Gasteiger partial charge in [0.2, 0.25) is 5.91 Å². The molecule has 1 atom stereocenters. The lowest BCUT2D eigenvalue weighted by molar-refractivity contribution is -0.122. The maximum atomic E-state index is 13.3. The summed E-state index contributed by atoms with van der Waals surface area (Å²) in [5.41, 5.74) is 3.47. The van der Waals surface area contributed by atoms with Crippen LogP contribution < -0.4 is 9.80 Å². The predicted molar refractivity (Wildman–Crippen MR) is 112 cm³/mol. The quantitative estimate of drug-likeness (QED) is 0.660. The molecule has 2 aromatic carbocycles. The molecule has 0 aliphatic carbocycles.